The van der Waals surface area contributed by atoms with Gasteiger partial charge in [0, 0.05) is 0 Å². The molecule has 0 aliphatic heterocycles. The van der Waals surface area contributed by atoms with E-state index in [-0.39, 0.29) is 29.9 Å². The molecule has 0 aliphatic rings. The van der Waals surface area contributed by atoms with Crippen molar-refractivity contribution in [1.82, 2.24) is 0 Å². The van der Waals surface area contributed by atoms with Crippen molar-refractivity contribution in [3.8, 4) is 11.5 Å². The lowest BCUT2D eigenvalue weighted by Crippen LogP contribution is -2.39. The number of carbonyl (C=O) groups is 4. The molecule has 0 saturated carbocycles. The van der Waals surface area contributed by atoms with Gasteiger partial charge < -0.3 is 34.2 Å². The van der Waals surface area contributed by atoms with Crippen LogP contribution in [0.5, 0.6) is 11.5 Å². The summed E-state index contributed by atoms with van der Waals surface area (Å²) >= 11 is 0. The fourth-order valence-electron chi connectivity index (χ4n) is 2.69. The lowest BCUT2D eigenvalue weighted by molar-refractivity contribution is -0.168. The number of esters is 2. The van der Waals surface area contributed by atoms with Crippen LogP contribution in [0.3, 0.4) is 0 Å². The molecule has 1 aromatic carbocycles. The fraction of sp³-hybridized carbons (Fsp3) is 0.630. The highest BCUT2D eigenvalue weighted by molar-refractivity contribution is 5.76. The van der Waals surface area contributed by atoms with Crippen LogP contribution >= 0.6 is 0 Å². The van der Waals surface area contributed by atoms with Crippen molar-refractivity contribution in [3.05, 3.63) is 23.8 Å². The summed E-state index contributed by atoms with van der Waals surface area (Å²) in [7, 11) is 0. The highest BCUT2D eigenvalue weighted by atomic mass is 16.7. The molecule has 2 N–H and O–H groups in total. The van der Waals surface area contributed by atoms with Crippen molar-refractivity contribution >= 4 is 24.2 Å². The summed E-state index contributed by atoms with van der Waals surface area (Å²) in [5.74, 6) is -1.61. The third-order valence-corrected chi connectivity index (χ3v) is 5.63. The van der Waals surface area contributed by atoms with E-state index in [1.54, 1.807) is 47.6 Å². The summed E-state index contributed by atoms with van der Waals surface area (Å²) in [4.78, 5) is 48.7. The molecule has 1 rings (SSSR count). The molecule has 0 fully saturated rings. The number of carbonyl (C=O) groups excluding carboxylic acids is 4. The molecule has 0 bridgehead atoms. The van der Waals surface area contributed by atoms with Crippen molar-refractivity contribution in [2.75, 3.05) is 0 Å². The van der Waals surface area contributed by atoms with Crippen LogP contribution in [0, 0.1) is 5.92 Å². The second-order valence-corrected chi connectivity index (χ2v) is 9.41. The van der Waals surface area contributed by atoms with Crippen LogP contribution < -0.4 is 15.2 Å². The second kappa shape index (κ2) is 15.8. The number of hydrogen-bond acceptors (Lipinski definition) is 11. The monoisotopic (exact) mass is 539 g/mol. The van der Waals surface area contributed by atoms with Gasteiger partial charge in [0.25, 0.3) is 0 Å². The van der Waals surface area contributed by atoms with Crippen LogP contribution in [0.25, 0.3) is 0 Å². The molecule has 38 heavy (non-hydrogen) atoms. The van der Waals surface area contributed by atoms with Crippen molar-refractivity contribution in [1.29, 1.82) is 0 Å². The summed E-state index contributed by atoms with van der Waals surface area (Å²) in [6.07, 6.45) is -2.92. The van der Waals surface area contributed by atoms with Gasteiger partial charge in [-0.1, -0.05) is 33.8 Å². The lowest BCUT2D eigenvalue weighted by atomic mass is 10.1. The first-order valence-electron chi connectivity index (χ1n) is 12.8. The van der Waals surface area contributed by atoms with Crippen LogP contribution in [0.15, 0.2) is 18.2 Å². The third kappa shape index (κ3) is 11.4. The Morgan fingerprint density at radius 1 is 0.711 bits per heavy atom. The molecule has 11 heteroatoms. The van der Waals surface area contributed by atoms with E-state index in [0.29, 0.717) is 18.4 Å². The fourth-order valence-corrected chi connectivity index (χ4v) is 2.69. The first-order valence-corrected chi connectivity index (χ1v) is 12.8. The first-order chi connectivity index (χ1) is 17.8. The van der Waals surface area contributed by atoms with E-state index >= 15 is 0 Å². The van der Waals surface area contributed by atoms with Gasteiger partial charge in [-0.05, 0) is 64.7 Å². The van der Waals surface area contributed by atoms with Crippen molar-refractivity contribution < 1.29 is 47.6 Å². The van der Waals surface area contributed by atoms with Crippen LogP contribution in [0.2, 0.25) is 0 Å². The average Bonchev–Trinajstić information content (AvgIpc) is 2.84. The van der Waals surface area contributed by atoms with Crippen molar-refractivity contribution in [3.63, 3.8) is 0 Å². The van der Waals surface area contributed by atoms with E-state index in [4.69, 9.17) is 34.2 Å². The van der Waals surface area contributed by atoms with Gasteiger partial charge in [-0.25, -0.2) is 9.59 Å². The van der Waals surface area contributed by atoms with Crippen LogP contribution in [0.1, 0.15) is 73.8 Å². The number of rotatable bonds is 13. The average molecular weight is 540 g/mol. The molecule has 2 unspecified atom stereocenters. The Morgan fingerprint density at radius 3 is 1.66 bits per heavy atom. The van der Waals surface area contributed by atoms with Gasteiger partial charge in [-0.3, -0.25) is 9.59 Å². The smallest absolute Gasteiger partial charge is 0.459 e. The molecule has 11 nitrogen and oxygen atoms in total. The number of benzene rings is 1. The van der Waals surface area contributed by atoms with Gasteiger partial charge in [0.05, 0.1) is 5.92 Å². The van der Waals surface area contributed by atoms with E-state index in [1.807, 2.05) is 13.8 Å². The standard InChI is InChI=1S/C27H41NO10/c1-9-16(5)33-26(31)37-22-12-11-20(14-23(22)38-27(32)34-17(6)10-2)13-21(28)25(30)36-19(8)18(7)35-24(29)15(3)4/h11-12,14-19,21H,9-10,13,28H2,1-8H3/t16?,17?,18-,19-,21-/m0/s1. The molecule has 0 saturated heterocycles. The van der Waals surface area contributed by atoms with E-state index in [1.165, 1.54) is 12.1 Å². The van der Waals surface area contributed by atoms with E-state index in [2.05, 4.69) is 0 Å². The van der Waals surface area contributed by atoms with Crippen molar-refractivity contribution in [2.45, 2.75) is 105 Å². The number of nitrogens with two attached hydrogens (primary N) is 1. The van der Waals surface area contributed by atoms with E-state index < -0.39 is 48.6 Å². The maximum atomic E-state index is 12.6. The Bertz CT molecular complexity index is 948. The first kappa shape index (κ1) is 32.7. The van der Waals surface area contributed by atoms with Crippen molar-refractivity contribution in [2.24, 2.45) is 11.7 Å². The summed E-state index contributed by atoms with van der Waals surface area (Å²) < 4.78 is 31.4. The highest BCUT2D eigenvalue weighted by Crippen LogP contribution is 2.30. The Kier molecular flexibility index (Phi) is 13.6. The molecule has 0 radical (unpaired) electrons. The molecular formula is C27H41NO10. The molecule has 0 spiro atoms. The molecule has 1 aromatic rings. The van der Waals surface area contributed by atoms with E-state index in [0.717, 1.165) is 0 Å². The Morgan fingerprint density at radius 2 is 1.18 bits per heavy atom. The summed E-state index contributed by atoms with van der Waals surface area (Å²) in [6.45, 7) is 13.7. The molecular weight excluding hydrogens is 498 g/mol. The van der Waals surface area contributed by atoms with Gasteiger partial charge in [-0.2, -0.15) is 0 Å². The quantitative estimate of drug-likeness (QED) is 0.211. The second-order valence-electron chi connectivity index (χ2n) is 9.41. The normalized spacial score (nSPS) is 14.9. The molecule has 0 aromatic heterocycles. The van der Waals surface area contributed by atoms with Gasteiger partial charge in [-0.15, -0.1) is 0 Å². The van der Waals surface area contributed by atoms with Gasteiger partial charge in [0.2, 0.25) is 0 Å². The minimum absolute atomic E-state index is 0.0140. The Labute approximate surface area is 224 Å². The third-order valence-electron chi connectivity index (χ3n) is 5.63. The topological polar surface area (TPSA) is 150 Å². The number of hydrogen-bond donors (Lipinski definition) is 1. The maximum Gasteiger partial charge on any atom is 0.514 e. The zero-order chi connectivity index (χ0) is 29.0. The highest BCUT2D eigenvalue weighted by Gasteiger charge is 2.26. The molecule has 0 heterocycles. The molecule has 0 amide bonds. The van der Waals surface area contributed by atoms with E-state index in [9.17, 15) is 19.2 Å². The van der Waals surface area contributed by atoms with Gasteiger partial charge >= 0.3 is 24.2 Å². The number of ether oxygens (including phenoxy) is 6. The predicted molar refractivity (Wildman–Crippen MR) is 138 cm³/mol. The predicted octanol–water partition coefficient (Wildman–Crippen LogP) is 4.70. The molecule has 214 valence electrons. The largest absolute Gasteiger partial charge is 0.514 e. The van der Waals surface area contributed by atoms with Crippen LogP contribution in [-0.2, 0) is 35.0 Å². The molecule has 5 atom stereocenters. The van der Waals surface area contributed by atoms with Crippen LogP contribution in [-0.4, -0.2) is 54.7 Å². The SMILES string of the molecule is CCC(C)OC(=O)Oc1ccc(C[C@H](N)C(=O)O[C@@H](C)[C@H](C)OC(=O)C(C)C)cc1OC(=O)OC(C)CC. The zero-order valence-electron chi connectivity index (χ0n) is 23.5. The summed E-state index contributed by atoms with van der Waals surface area (Å²) in [6, 6.07) is 3.29. The minimum Gasteiger partial charge on any atom is -0.459 e. The van der Waals surface area contributed by atoms with Crippen LogP contribution in [0.4, 0.5) is 9.59 Å². The Balaban J connectivity index is 2.98. The maximum absolute atomic E-state index is 12.6. The Hall–Kier alpha value is -3.34. The molecule has 0 aliphatic carbocycles. The summed E-state index contributed by atoms with van der Waals surface area (Å²) in [5.41, 5.74) is 6.55. The minimum atomic E-state index is -1.08. The summed E-state index contributed by atoms with van der Waals surface area (Å²) in [5, 5.41) is 0. The van der Waals surface area contributed by atoms with Gasteiger partial charge in [0.1, 0.15) is 30.5 Å². The zero-order valence-corrected chi connectivity index (χ0v) is 23.5. The lowest BCUT2D eigenvalue weighted by Gasteiger charge is -2.23. The van der Waals surface area contributed by atoms with Gasteiger partial charge in [0.15, 0.2) is 11.5 Å².